The molecule has 1 heterocycles. The molecule has 92 valence electrons. The number of hydrazine groups is 1. The van der Waals surface area contributed by atoms with Crippen LogP contribution < -0.4 is 21.9 Å². The zero-order chi connectivity index (χ0) is 12.4. The fraction of sp³-hybridized carbons (Fsp3) is 0.300. The van der Waals surface area contributed by atoms with Crippen LogP contribution in [0.4, 0.5) is 10.1 Å². The first-order valence-corrected chi connectivity index (χ1v) is 5.45. The number of nitrogens with one attached hydrogen (secondary N) is 3. The van der Waals surface area contributed by atoms with E-state index in [-0.39, 0.29) is 17.0 Å². The van der Waals surface area contributed by atoms with E-state index in [1.165, 1.54) is 12.1 Å². The van der Waals surface area contributed by atoms with Gasteiger partial charge in [0, 0.05) is 12.6 Å². The van der Waals surface area contributed by atoms with E-state index in [4.69, 9.17) is 17.3 Å². The normalized spacial score (nSPS) is 23.7. The van der Waals surface area contributed by atoms with Crippen LogP contribution in [0.25, 0.3) is 0 Å². The van der Waals surface area contributed by atoms with Crippen molar-refractivity contribution in [3.05, 3.63) is 29.0 Å². The maximum absolute atomic E-state index is 12.8. The third kappa shape index (κ3) is 2.73. The number of halogens is 2. The fourth-order valence-corrected chi connectivity index (χ4v) is 1.79. The lowest BCUT2D eigenvalue weighted by molar-refractivity contribution is -0.118. The summed E-state index contributed by atoms with van der Waals surface area (Å²) in [4.78, 5) is 11.8. The van der Waals surface area contributed by atoms with Gasteiger partial charge in [-0.3, -0.25) is 10.2 Å². The smallest absolute Gasteiger partial charge is 0.244 e. The van der Waals surface area contributed by atoms with Crippen molar-refractivity contribution in [1.29, 1.82) is 0 Å². The lowest BCUT2D eigenvalue weighted by Gasteiger charge is -2.15. The maximum atomic E-state index is 12.8. The Morgan fingerprint density at radius 2 is 2.35 bits per heavy atom. The van der Waals surface area contributed by atoms with Gasteiger partial charge >= 0.3 is 0 Å². The van der Waals surface area contributed by atoms with Gasteiger partial charge in [0.25, 0.3) is 0 Å². The Kier molecular flexibility index (Phi) is 3.58. The van der Waals surface area contributed by atoms with Crippen LogP contribution in [0.5, 0.6) is 0 Å². The molecule has 0 aliphatic carbocycles. The molecule has 7 heteroatoms. The molecule has 1 saturated heterocycles. The van der Waals surface area contributed by atoms with Gasteiger partial charge in [0.15, 0.2) is 0 Å². The van der Waals surface area contributed by atoms with E-state index in [0.717, 1.165) is 6.07 Å². The summed E-state index contributed by atoms with van der Waals surface area (Å²) in [6.07, 6.45) is 0. The van der Waals surface area contributed by atoms with Gasteiger partial charge in [0.2, 0.25) is 5.91 Å². The van der Waals surface area contributed by atoms with Crippen LogP contribution in [0.1, 0.15) is 0 Å². The minimum Gasteiger partial charge on any atom is -0.325 e. The van der Waals surface area contributed by atoms with E-state index in [1.54, 1.807) is 0 Å². The summed E-state index contributed by atoms with van der Waals surface area (Å²) >= 11 is 5.79. The van der Waals surface area contributed by atoms with E-state index in [2.05, 4.69) is 16.2 Å². The lowest BCUT2D eigenvalue weighted by atomic mass is 10.1. The lowest BCUT2D eigenvalue weighted by Crippen LogP contribution is -2.47. The fourth-order valence-electron chi connectivity index (χ4n) is 1.57. The van der Waals surface area contributed by atoms with Gasteiger partial charge in [-0.2, -0.15) is 0 Å². The molecule has 5 N–H and O–H groups in total. The van der Waals surface area contributed by atoms with Crippen molar-refractivity contribution in [2.75, 3.05) is 11.9 Å². The summed E-state index contributed by atoms with van der Waals surface area (Å²) in [6.45, 7) is 0.509. The average Bonchev–Trinajstić information content (AvgIpc) is 2.68. The minimum absolute atomic E-state index is 0.151. The van der Waals surface area contributed by atoms with Crippen LogP contribution in [-0.2, 0) is 4.79 Å². The summed E-state index contributed by atoms with van der Waals surface area (Å²) < 4.78 is 12.8. The summed E-state index contributed by atoms with van der Waals surface area (Å²) in [5.41, 5.74) is 11.6. The third-order valence-corrected chi connectivity index (χ3v) is 2.81. The first-order valence-electron chi connectivity index (χ1n) is 5.08. The summed E-state index contributed by atoms with van der Waals surface area (Å²) in [5, 5.41) is 2.74. The van der Waals surface area contributed by atoms with Gasteiger partial charge in [-0.05, 0) is 18.2 Å². The number of hydrogen-bond donors (Lipinski definition) is 4. The Balaban J connectivity index is 2.07. The number of carbonyl (C=O) groups is 1. The molecule has 0 aromatic heterocycles. The summed E-state index contributed by atoms with van der Waals surface area (Å²) in [6, 6.07) is 2.92. The van der Waals surface area contributed by atoms with Crippen LogP contribution in [0.2, 0.25) is 5.02 Å². The first kappa shape index (κ1) is 12.3. The second-order valence-electron chi connectivity index (χ2n) is 3.78. The third-order valence-electron chi connectivity index (χ3n) is 2.49. The molecule has 1 aromatic rings. The predicted molar refractivity (Wildman–Crippen MR) is 62.9 cm³/mol. The van der Waals surface area contributed by atoms with Crippen LogP contribution in [0, 0.1) is 5.82 Å². The quantitative estimate of drug-likeness (QED) is 0.612. The zero-order valence-electron chi connectivity index (χ0n) is 8.84. The molecule has 0 saturated carbocycles. The molecule has 1 fully saturated rings. The first-order chi connectivity index (χ1) is 8.08. The van der Waals surface area contributed by atoms with Crippen LogP contribution >= 0.6 is 11.6 Å². The number of nitrogens with two attached hydrogens (primary N) is 1. The standard InChI is InChI=1S/C10H12ClFN4O/c11-6-3-5(12)1-2-8(6)15-10(17)9-7(13)4-14-16-9/h1-3,7,9,14,16H,4,13H2,(H,15,17). The predicted octanol–water partition coefficient (Wildman–Crippen LogP) is 0.221. The molecule has 0 bridgehead atoms. The van der Waals surface area contributed by atoms with Crippen molar-refractivity contribution in [3.63, 3.8) is 0 Å². The van der Waals surface area contributed by atoms with Crippen molar-refractivity contribution in [1.82, 2.24) is 10.9 Å². The van der Waals surface area contributed by atoms with E-state index < -0.39 is 11.9 Å². The van der Waals surface area contributed by atoms with Gasteiger partial charge in [-0.1, -0.05) is 11.6 Å². The molecular weight excluding hydrogens is 247 g/mol. The van der Waals surface area contributed by atoms with Gasteiger partial charge in [-0.15, -0.1) is 0 Å². The molecule has 1 aromatic carbocycles. The highest BCUT2D eigenvalue weighted by Gasteiger charge is 2.30. The Morgan fingerprint density at radius 1 is 1.59 bits per heavy atom. The molecule has 1 aliphatic rings. The topological polar surface area (TPSA) is 79.2 Å². The molecule has 0 radical (unpaired) electrons. The second-order valence-corrected chi connectivity index (χ2v) is 4.19. The van der Waals surface area contributed by atoms with E-state index in [0.29, 0.717) is 12.2 Å². The Labute approximate surface area is 102 Å². The Bertz CT molecular complexity index is 442. The highest BCUT2D eigenvalue weighted by atomic mass is 35.5. The van der Waals surface area contributed by atoms with Crippen LogP contribution in [-0.4, -0.2) is 24.5 Å². The molecule has 1 amide bonds. The number of amides is 1. The highest BCUT2D eigenvalue weighted by Crippen LogP contribution is 2.22. The molecular formula is C10H12ClFN4O. The monoisotopic (exact) mass is 258 g/mol. The number of anilines is 1. The molecule has 2 rings (SSSR count). The molecule has 1 aliphatic heterocycles. The van der Waals surface area contributed by atoms with Gasteiger partial charge < -0.3 is 11.1 Å². The van der Waals surface area contributed by atoms with E-state index >= 15 is 0 Å². The largest absolute Gasteiger partial charge is 0.325 e. The van der Waals surface area contributed by atoms with Crippen LogP contribution in [0.3, 0.4) is 0 Å². The Hall–Kier alpha value is -1.21. The van der Waals surface area contributed by atoms with Crippen molar-refractivity contribution in [3.8, 4) is 0 Å². The van der Waals surface area contributed by atoms with E-state index in [9.17, 15) is 9.18 Å². The second kappa shape index (κ2) is 4.97. The average molecular weight is 259 g/mol. The van der Waals surface area contributed by atoms with Gasteiger partial charge in [0.1, 0.15) is 11.9 Å². The van der Waals surface area contributed by atoms with Crippen molar-refractivity contribution >= 4 is 23.2 Å². The van der Waals surface area contributed by atoms with Crippen molar-refractivity contribution in [2.45, 2.75) is 12.1 Å². The molecule has 2 atom stereocenters. The van der Waals surface area contributed by atoms with Crippen molar-refractivity contribution < 1.29 is 9.18 Å². The molecule has 0 spiro atoms. The van der Waals surface area contributed by atoms with E-state index in [1.807, 2.05) is 0 Å². The van der Waals surface area contributed by atoms with Gasteiger partial charge in [0.05, 0.1) is 10.7 Å². The molecule has 17 heavy (non-hydrogen) atoms. The summed E-state index contributed by atoms with van der Waals surface area (Å²) in [7, 11) is 0. The highest BCUT2D eigenvalue weighted by molar-refractivity contribution is 6.33. The summed E-state index contributed by atoms with van der Waals surface area (Å²) in [5.74, 6) is -0.763. The van der Waals surface area contributed by atoms with Crippen molar-refractivity contribution in [2.24, 2.45) is 5.73 Å². The Morgan fingerprint density at radius 3 is 2.94 bits per heavy atom. The number of hydrogen-bond acceptors (Lipinski definition) is 4. The molecule has 2 unspecified atom stereocenters. The number of rotatable bonds is 2. The van der Waals surface area contributed by atoms with Gasteiger partial charge in [-0.25, -0.2) is 9.82 Å². The maximum Gasteiger partial charge on any atom is 0.244 e. The molecule has 5 nitrogen and oxygen atoms in total. The SMILES string of the molecule is NC1CNNC1C(=O)Nc1ccc(F)cc1Cl. The number of benzene rings is 1. The number of carbonyl (C=O) groups excluding carboxylic acids is 1. The zero-order valence-corrected chi connectivity index (χ0v) is 9.59. The van der Waals surface area contributed by atoms with Crippen LogP contribution in [0.15, 0.2) is 18.2 Å². The minimum atomic E-state index is -0.531.